The van der Waals surface area contributed by atoms with Crippen LogP contribution >= 0.6 is 11.8 Å². The van der Waals surface area contributed by atoms with Gasteiger partial charge in [0.05, 0.1) is 5.04 Å². The Bertz CT molecular complexity index is 80.5. The van der Waals surface area contributed by atoms with E-state index in [2.05, 4.69) is 17.5 Å². The molecule has 0 aliphatic heterocycles. The molecule has 48 valence electrons. The first-order chi connectivity index (χ1) is 3.81. The van der Waals surface area contributed by atoms with Gasteiger partial charge in [-0.3, -0.25) is 0 Å². The quantitative estimate of drug-likeness (QED) is 0.348. The molecule has 0 atom stereocenters. The molecule has 0 bridgehead atoms. The number of thioether (sulfide) groups is 1. The van der Waals surface area contributed by atoms with Crippen LogP contribution in [0.5, 0.6) is 0 Å². The third-order valence-corrected chi connectivity index (χ3v) is 1.42. The molecular formula is C5H12N2S. The van der Waals surface area contributed by atoms with Gasteiger partial charge in [0.1, 0.15) is 0 Å². The highest BCUT2D eigenvalue weighted by molar-refractivity contribution is 8.13. The van der Waals surface area contributed by atoms with Crippen LogP contribution < -0.4 is 5.43 Å². The summed E-state index contributed by atoms with van der Waals surface area (Å²) in [6, 6.07) is 0. The van der Waals surface area contributed by atoms with Crippen LogP contribution in [-0.2, 0) is 0 Å². The molecule has 0 amide bonds. The average Bonchev–Trinajstić information content (AvgIpc) is 1.68. The topological polar surface area (TPSA) is 24.4 Å². The maximum atomic E-state index is 3.94. The fourth-order valence-electron chi connectivity index (χ4n) is 0.399. The van der Waals surface area contributed by atoms with Crippen LogP contribution in [0.4, 0.5) is 0 Å². The van der Waals surface area contributed by atoms with Crippen LogP contribution in [0, 0.1) is 0 Å². The fourth-order valence-corrected chi connectivity index (χ4v) is 0.972. The number of hydrogen-bond acceptors (Lipinski definition) is 3. The average molecular weight is 132 g/mol. The molecule has 0 saturated carbocycles. The van der Waals surface area contributed by atoms with Crippen LogP contribution in [0.15, 0.2) is 5.10 Å². The Morgan fingerprint density at radius 3 is 2.75 bits per heavy atom. The first-order valence-electron chi connectivity index (χ1n) is 2.65. The second kappa shape index (κ2) is 4.97. The molecule has 0 rings (SSSR count). The summed E-state index contributed by atoms with van der Waals surface area (Å²) < 4.78 is 0. The monoisotopic (exact) mass is 132 g/mol. The van der Waals surface area contributed by atoms with Crippen LogP contribution in [0.1, 0.15) is 13.8 Å². The van der Waals surface area contributed by atoms with E-state index < -0.39 is 0 Å². The lowest BCUT2D eigenvalue weighted by Gasteiger charge is -1.93. The van der Waals surface area contributed by atoms with E-state index in [1.807, 2.05) is 6.92 Å². The Labute approximate surface area is 54.7 Å². The zero-order valence-corrected chi connectivity index (χ0v) is 6.38. The van der Waals surface area contributed by atoms with Crippen molar-refractivity contribution in [3.8, 4) is 0 Å². The van der Waals surface area contributed by atoms with Gasteiger partial charge in [-0.15, -0.1) is 11.8 Å². The molecular weight excluding hydrogens is 120 g/mol. The minimum atomic E-state index is 1.09. The maximum absolute atomic E-state index is 3.94. The van der Waals surface area contributed by atoms with E-state index in [1.165, 1.54) is 0 Å². The molecule has 0 aromatic heterocycles. The van der Waals surface area contributed by atoms with Crippen LogP contribution in [0.2, 0.25) is 0 Å². The highest BCUT2D eigenvalue weighted by Gasteiger charge is 1.84. The van der Waals surface area contributed by atoms with E-state index in [0.717, 1.165) is 10.8 Å². The number of rotatable bonds is 2. The van der Waals surface area contributed by atoms with Crippen molar-refractivity contribution in [2.45, 2.75) is 13.8 Å². The Kier molecular flexibility index (Phi) is 4.85. The summed E-state index contributed by atoms with van der Waals surface area (Å²) >= 11 is 1.74. The summed E-state index contributed by atoms with van der Waals surface area (Å²) in [5.41, 5.74) is 2.72. The lowest BCUT2D eigenvalue weighted by Crippen LogP contribution is -1.97. The van der Waals surface area contributed by atoms with Crippen molar-refractivity contribution < 1.29 is 0 Å². The van der Waals surface area contributed by atoms with Gasteiger partial charge >= 0.3 is 0 Å². The lowest BCUT2D eigenvalue weighted by molar-refractivity contribution is 0.904. The van der Waals surface area contributed by atoms with E-state index >= 15 is 0 Å². The predicted octanol–water partition coefficient (Wildman–Crippen LogP) is 1.29. The third-order valence-electron chi connectivity index (χ3n) is 0.622. The molecule has 1 N–H and O–H groups in total. The van der Waals surface area contributed by atoms with E-state index in [0.29, 0.717) is 0 Å². The number of hydrogen-bond donors (Lipinski definition) is 1. The van der Waals surface area contributed by atoms with Gasteiger partial charge in [-0.2, -0.15) is 5.10 Å². The fraction of sp³-hybridized carbons (Fsp3) is 0.800. The summed E-state index contributed by atoms with van der Waals surface area (Å²) in [4.78, 5) is 0. The Balaban J connectivity index is 3.29. The largest absolute Gasteiger partial charge is 0.312 e. The van der Waals surface area contributed by atoms with Gasteiger partial charge in [-0.25, -0.2) is 0 Å². The van der Waals surface area contributed by atoms with Crippen molar-refractivity contribution in [3.63, 3.8) is 0 Å². The standard InChI is InChI=1S/C5H12N2S/c1-4-8-5(2)7-6-3/h6H,4H2,1-3H3/b7-5+. The van der Waals surface area contributed by atoms with Crippen molar-refractivity contribution in [1.29, 1.82) is 0 Å². The van der Waals surface area contributed by atoms with Crippen molar-refractivity contribution in [2.75, 3.05) is 12.8 Å². The Morgan fingerprint density at radius 1 is 1.75 bits per heavy atom. The van der Waals surface area contributed by atoms with Gasteiger partial charge in [-0.1, -0.05) is 6.92 Å². The second-order valence-electron chi connectivity index (χ2n) is 1.29. The van der Waals surface area contributed by atoms with Gasteiger partial charge in [0.15, 0.2) is 0 Å². The van der Waals surface area contributed by atoms with Crippen LogP contribution in [-0.4, -0.2) is 17.8 Å². The number of hydrazone groups is 1. The molecule has 0 heterocycles. The van der Waals surface area contributed by atoms with E-state index in [-0.39, 0.29) is 0 Å². The minimum absolute atomic E-state index is 1.09. The van der Waals surface area contributed by atoms with Gasteiger partial charge in [-0.05, 0) is 12.7 Å². The summed E-state index contributed by atoms with van der Waals surface area (Å²) in [6.45, 7) is 4.10. The van der Waals surface area contributed by atoms with Crippen molar-refractivity contribution >= 4 is 16.8 Å². The van der Waals surface area contributed by atoms with Gasteiger partial charge < -0.3 is 5.43 Å². The molecule has 0 fully saturated rings. The molecule has 0 aliphatic carbocycles. The van der Waals surface area contributed by atoms with E-state index in [9.17, 15) is 0 Å². The molecule has 0 radical (unpaired) electrons. The zero-order chi connectivity index (χ0) is 6.41. The van der Waals surface area contributed by atoms with Crippen molar-refractivity contribution in [2.24, 2.45) is 5.10 Å². The molecule has 0 saturated heterocycles. The summed E-state index contributed by atoms with van der Waals surface area (Å²) in [5, 5.41) is 5.04. The molecule has 2 nitrogen and oxygen atoms in total. The predicted molar refractivity (Wildman–Crippen MR) is 40.3 cm³/mol. The van der Waals surface area contributed by atoms with Crippen LogP contribution in [0.3, 0.4) is 0 Å². The molecule has 0 spiro atoms. The molecule has 0 unspecified atom stereocenters. The summed E-state index contributed by atoms with van der Waals surface area (Å²) in [7, 11) is 1.81. The third kappa shape index (κ3) is 3.99. The molecule has 0 aromatic carbocycles. The minimum Gasteiger partial charge on any atom is -0.312 e. The summed E-state index contributed by atoms with van der Waals surface area (Å²) in [6.07, 6.45) is 0. The normalized spacial score (nSPS) is 11.6. The first kappa shape index (κ1) is 7.82. The van der Waals surface area contributed by atoms with Crippen molar-refractivity contribution in [3.05, 3.63) is 0 Å². The molecule has 8 heavy (non-hydrogen) atoms. The van der Waals surface area contributed by atoms with E-state index in [1.54, 1.807) is 18.8 Å². The molecule has 3 heteroatoms. The van der Waals surface area contributed by atoms with Gasteiger partial charge in [0, 0.05) is 7.05 Å². The zero-order valence-electron chi connectivity index (χ0n) is 5.56. The first-order valence-corrected chi connectivity index (χ1v) is 3.63. The highest BCUT2D eigenvalue weighted by atomic mass is 32.2. The van der Waals surface area contributed by atoms with Crippen LogP contribution in [0.25, 0.3) is 0 Å². The highest BCUT2D eigenvalue weighted by Crippen LogP contribution is 1.99. The van der Waals surface area contributed by atoms with E-state index in [4.69, 9.17) is 0 Å². The number of nitrogens with one attached hydrogen (secondary N) is 1. The maximum Gasteiger partial charge on any atom is 0.0899 e. The van der Waals surface area contributed by atoms with Gasteiger partial charge in [0.25, 0.3) is 0 Å². The second-order valence-corrected chi connectivity index (χ2v) is 2.74. The Morgan fingerprint density at radius 2 is 2.38 bits per heavy atom. The number of nitrogens with zero attached hydrogens (tertiary/aromatic N) is 1. The summed E-state index contributed by atoms with van der Waals surface area (Å²) in [5.74, 6) is 1.09. The lowest BCUT2D eigenvalue weighted by atomic mass is 10.9. The Hall–Kier alpha value is -0.180. The molecule has 0 aliphatic rings. The van der Waals surface area contributed by atoms with Gasteiger partial charge in [0.2, 0.25) is 0 Å². The SMILES string of the molecule is CCS/C(C)=N/NC. The molecule has 0 aromatic rings. The van der Waals surface area contributed by atoms with Crippen molar-refractivity contribution in [1.82, 2.24) is 5.43 Å². The smallest absolute Gasteiger partial charge is 0.0899 e.